The fraction of sp³-hybridized carbons (Fsp3) is 0.727. The molecule has 0 aromatic rings. The summed E-state index contributed by atoms with van der Waals surface area (Å²) in [6.07, 6.45) is 6.40. The van der Waals surface area contributed by atoms with Crippen LogP contribution in [0.1, 0.15) is 47.0 Å². The Morgan fingerprint density at radius 3 is 2.46 bits per heavy atom. The first-order valence-electron chi connectivity index (χ1n) is 4.78. The van der Waals surface area contributed by atoms with Crippen LogP contribution >= 0.6 is 0 Å². The van der Waals surface area contributed by atoms with E-state index < -0.39 is 0 Å². The van der Waals surface area contributed by atoms with E-state index in [0.717, 1.165) is 12.8 Å². The molecule has 0 aromatic heterocycles. The number of rotatable bonds is 4. The van der Waals surface area contributed by atoms with Crippen molar-refractivity contribution in [2.24, 2.45) is 0 Å². The number of carbonyl (C=O) groups excluding carboxylic acids is 1. The van der Waals surface area contributed by atoms with E-state index >= 15 is 0 Å². The van der Waals surface area contributed by atoms with Gasteiger partial charge in [-0.05, 0) is 40.5 Å². The molecule has 0 radical (unpaired) electrons. The molecule has 0 saturated heterocycles. The zero-order valence-corrected chi connectivity index (χ0v) is 9.09. The van der Waals surface area contributed by atoms with Crippen LogP contribution in [0.3, 0.4) is 0 Å². The molecule has 0 spiro atoms. The zero-order valence-electron chi connectivity index (χ0n) is 9.09. The highest BCUT2D eigenvalue weighted by atomic mass is 16.6. The second-order valence-corrected chi connectivity index (χ2v) is 4.05. The number of hydrogen-bond donors (Lipinski definition) is 0. The predicted octanol–water partition coefficient (Wildman–Crippen LogP) is 3.07. The molecule has 0 amide bonds. The molecule has 2 nitrogen and oxygen atoms in total. The molecular weight excluding hydrogens is 164 g/mol. The first kappa shape index (κ1) is 12.2. The first-order valence-corrected chi connectivity index (χ1v) is 4.78. The summed E-state index contributed by atoms with van der Waals surface area (Å²) in [5.74, 6) is -0.1000. The van der Waals surface area contributed by atoms with Crippen molar-refractivity contribution in [2.75, 3.05) is 0 Å². The molecule has 0 aliphatic rings. The summed E-state index contributed by atoms with van der Waals surface area (Å²) >= 11 is 0. The number of allylic oxidation sites excluding steroid dienone is 2. The van der Waals surface area contributed by atoms with E-state index in [9.17, 15) is 4.79 Å². The van der Waals surface area contributed by atoms with Gasteiger partial charge in [-0.2, -0.15) is 0 Å². The van der Waals surface area contributed by atoms with Crippen LogP contribution in [0.4, 0.5) is 0 Å². The molecule has 0 aromatic carbocycles. The highest BCUT2D eigenvalue weighted by Gasteiger charge is 2.15. The van der Waals surface area contributed by atoms with Crippen LogP contribution in [0, 0.1) is 0 Å². The van der Waals surface area contributed by atoms with Crippen molar-refractivity contribution in [3.8, 4) is 0 Å². The Kier molecular flexibility index (Phi) is 5.44. The zero-order chi connectivity index (χ0) is 10.3. The lowest BCUT2D eigenvalue weighted by Gasteiger charge is -2.19. The fourth-order valence-corrected chi connectivity index (χ4v) is 0.923. The minimum atomic E-state index is -0.350. The molecule has 13 heavy (non-hydrogen) atoms. The molecule has 0 unspecified atom stereocenters. The molecular formula is C11H20O2. The smallest absolute Gasteiger partial charge is 0.306 e. The summed E-state index contributed by atoms with van der Waals surface area (Å²) in [4.78, 5) is 11.2. The lowest BCUT2D eigenvalue weighted by atomic mass is 10.2. The average molecular weight is 184 g/mol. The maximum Gasteiger partial charge on any atom is 0.306 e. The van der Waals surface area contributed by atoms with Gasteiger partial charge < -0.3 is 4.74 Å². The largest absolute Gasteiger partial charge is 0.460 e. The molecule has 0 heterocycles. The van der Waals surface area contributed by atoms with Gasteiger partial charge in [-0.1, -0.05) is 12.2 Å². The quantitative estimate of drug-likeness (QED) is 0.381. The standard InChI is InChI=1S/C11H20O2/c1-5-6-7-8-9-10(12)13-11(2,3)4/h5-6H,7-9H2,1-4H3. The number of hydrogen-bond acceptors (Lipinski definition) is 2. The van der Waals surface area contributed by atoms with Crippen molar-refractivity contribution >= 4 is 5.97 Å². The van der Waals surface area contributed by atoms with Crippen LogP contribution in [0.2, 0.25) is 0 Å². The third-order valence-electron chi connectivity index (χ3n) is 1.41. The summed E-state index contributed by atoms with van der Waals surface area (Å²) < 4.78 is 5.15. The second-order valence-electron chi connectivity index (χ2n) is 4.05. The number of unbranched alkanes of at least 4 members (excludes halogenated alkanes) is 1. The highest BCUT2D eigenvalue weighted by molar-refractivity contribution is 5.69. The van der Waals surface area contributed by atoms with E-state index in [-0.39, 0.29) is 11.6 Å². The van der Waals surface area contributed by atoms with Crippen LogP contribution in [0.25, 0.3) is 0 Å². The van der Waals surface area contributed by atoms with E-state index in [4.69, 9.17) is 4.74 Å². The third-order valence-corrected chi connectivity index (χ3v) is 1.41. The molecule has 0 bridgehead atoms. The van der Waals surface area contributed by atoms with E-state index in [1.165, 1.54) is 0 Å². The van der Waals surface area contributed by atoms with Gasteiger partial charge >= 0.3 is 5.97 Å². The van der Waals surface area contributed by atoms with Crippen molar-refractivity contribution in [1.82, 2.24) is 0 Å². The maximum absolute atomic E-state index is 11.2. The van der Waals surface area contributed by atoms with Crippen LogP contribution in [0.5, 0.6) is 0 Å². The molecule has 0 aliphatic heterocycles. The van der Waals surface area contributed by atoms with Crippen molar-refractivity contribution in [3.05, 3.63) is 12.2 Å². The fourth-order valence-electron chi connectivity index (χ4n) is 0.923. The molecule has 0 saturated carbocycles. The minimum Gasteiger partial charge on any atom is -0.460 e. The van der Waals surface area contributed by atoms with Gasteiger partial charge in [0.15, 0.2) is 0 Å². The van der Waals surface area contributed by atoms with Gasteiger partial charge in [0.2, 0.25) is 0 Å². The second kappa shape index (κ2) is 5.79. The van der Waals surface area contributed by atoms with Crippen LogP contribution in [0.15, 0.2) is 12.2 Å². The van der Waals surface area contributed by atoms with Gasteiger partial charge in [0.1, 0.15) is 5.60 Å². The molecule has 76 valence electrons. The van der Waals surface area contributed by atoms with Crippen molar-refractivity contribution < 1.29 is 9.53 Å². The average Bonchev–Trinajstić information content (AvgIpc) is 1.94. The Morgan fingerprint density at radius 2 is 2.00 bits per heavy atom. The van der Waals surface area contributed by atoms with Gasteiger partial charge in [-0.15, -0.1) is 0 Å². The Bertz CT molecular complexity index is 175. The normalized spacial score (nSPS) is 12.0. The Hall–Kier alpha value is -0.790. The number of ether oxygens (including phenoxy) is 1. The van der Waals surface area contributed by atoms with Gasteiger partial charge in [-0.3, -0.25) is 4.79 Å². The predicted molar refractivity (Wildman–Crippen MR) is 54.5 cm³/mol. The first-order chi connectivity index (χ1) is 5.95. The highest BCUT2D eigenvalue weighted by Crippen LogP contribution is 2.09. The van der Waals surface area contributed by atoms with Gasteiger partial charge in [0, 0.05) is 6.42 Å². The topological polar surface area (TPSA) is 26.3 Å². The lowest BCUT2D eigenvalue weighted by Crippen LogP contribution is -2.23. The monoisotopic (exact) mass is 184 g/mol. The minimum absolute atomic E-state index is 0.1000. The number of esters is 1. The van der Waals surface area contributed by atoms with E-state index in [0.29, 0.717) is 6.42 Å². The molecule has 0 atom stereocenters. The van der Waals surface area contributed by atoms with Crippen LogP contribution < -0.4 is 0 Å². The van der Waals surface area contributed by atoms with E-state index in [1.54, 1.807) is 0 Å². The summed E-state index contributed by atoms with van der Waals surface area (Å²) in [6, 6.07) is 0. The Labute approximate surface area is 81.0 Å². The molecule has 0 fully saturated rings. The Morgan fingerprint density at radius 1 is 1.38 bits per heavy atom. The summed E-state index contributed by atoms with van der Waals surface area (Å²) in [5.41, 5.74) is -0.350. The lowest BCUT2D eigenvalue weighted by molar-refractivity contribution is -0.154. The van der Waals surface area contributed by atoms with Crippen LogP contribution in [-0.4, -0.2) is 11.6 Å². The molecule has 2 heteroatoms. The van der Waals surface area contributed by atoms with Crippen molar-refractivity contribution in [3.63, 3.8) is 0 Å². The Balaban J connectivity index is 3.52. The van der Waals surface area contributed by atoms with Crippen LogP contribution in [-0.2, 0) is 9.53 Å². The van der Waals surface area contributed by atoms with Crippen molar-refractivity contribution in [2.45, 2.75) is 52.6 Å². The summed E-state index contributed by atoms with van der Waals surface area (Å²) in [6.45, 7) is 7.64. The van der Waals surface area contributed by atoms with Gasteiger partial charge in [0.25, 0.3) is 0 Å². The summed E-state index contributed by atoms with van der Waals surface area (Å²) in [7, 11) is 0. The third kappa shape index (κ3) is 9.12. The van der Waals surface area contributed by atoms with E-state index in [1.807, 2.05) is 33.8 Å². The summed E-state index contributed by atoms with van der Waals surface area (Å²) in [5, 5.41) is 0. The van der Waals surface area contributed by atoms with Crippen molar-refractivity contribution in [1.29, 1.82) is 0 Å². The van der Waals surface area contributed by atoms with Gasteiger partial charge in [0.05, 0.1) is 0 Å². The van der Waals surface area contributed by atoms with Gasteiger partial charge in [-0.25, -0.2) is 0 Å². The van der Waals surface area contributed by atoms with E-state index in [2.05, 4.69) is 6.08 Å². The SMILES string of the molecule is CC=CCCCC(=O)OC(C)(C)C. The maximum atomic E-state index is 11.2. The molecule has 0 rings (SSSR count). The number of carbonyl (C=O) groups is 1. The molecule has 0 aliphatic carbocycles. The molecule has 0 N–H and O–H groups in total.